The van der Waals surface area contributed by atoms with E-state index in [0.29, 0.717) is 5.56 Å². The van der Waals surface area contributed by atoms with Crippen molar-refractivity contribution in [1.29, 1.82) is 0 Å². The molecule has 0 aliphatic rings. The molecule has 0 aliphatic carbocycles. The number of carbonyl (C=O) groups is 2. The summed E-state index contributed by atoms with van der Waals surface area (Å²) in [7, 11) is 0. The normalized spacial score (nSPS) is 11.5. The first kappa shape index (κ1) is 13.3. The third-order valence-corrected chi connectivity index (χ3v) is 3.25. The van der Waals surface area contributed by atoms with E-state index in [-0.39, 0.29) is 12.2 Å². The van der Waals surface area contributed by atoms with Gasteiger partial charge in [-0.1, -0.05) is 36.4 Å². The zero-order chi connectivity index (χ0) is 14.0. The molecule has 0 spiro atoms. The molecule has 3 heteroatoms. The topological polar surface area (TPSA) is 54.4 Å². The number of carboxylic acid groups (broad SMARTS) is 1. The van der Waals surface area contributed by atoms with Gasteiger partial charge in [0.15, 0.2) is 5.78 Å². The van der Waals surface area contributed by atoms with Crippen LogP contribution in [0.4, 0.5) is 0 Å². The van der Waals surface area contributed by atoms with Gasteiger partial charge in [-0.15, -0.1) is 0 Å². The van der Waals surface area contributed by atoms with Crippen molar-refractivity contribution in [2.24, 2.45) is 5.41 Å². The molecule has 2 aromatic carbocycles. The largest absolute Gasteiger partial charge is 0.481 e. The number of hydrogen-bond donors (Lipinski definition) is 1. The maximum absolute atomic E-state index is 12.1. The van der Waals surface area contributed by atoms with Gasteiger partial charge in [0.25, 0.3) is 0 Å². The predicted molar refractivity (Wildman–Crippen MR) is 74.3 cm³/mol. The van der Waals surface area contributed by atoms with Gasteiger partial charge in [0.05, 0.1) is 5.41 Å². The van der Waals surface area contributed by atoms with Crippen LogP contribution >= 0.6 is 0 Å². The van der Waals surface area contributed by atoms with Crippen LogP contribution in [-0.2, 0) is 4.79 Å². The summed E-state index contributed by atoms with van der Waals surface area (Å²) in [6, 6.07) is 13.2. The molecule has 0 amide bonds. The van der Waals surface area contributed by atoms with Crippen molar-refractivity contribution < 1.29 is 14.7 Å². The van der Waals surface area contributed by atoms with Gasteiger partial charge < -0.3 is 5.11 Å². The number of ketones is 1. The van der Waals surface area contributed by atoms with Gasteiger partial charge in [0.1, 0.15) is 0 Å². The zero-order valence-corrected chi connectivity index (χ0v) is 11.0. The van der Waals surface area contributed by atoms with Crippen LogP contribution in [-0.4, -0.2) is 16.9 Å². The monoisotopic (exact) mass is 256 g/mol. The lowest BCUT2D eigenvalue weighted by Gasteiger charge is -2.17. The molecular formula is C16H16O3. The molecule has 0 aromatic heterocycles. The predicted octanol–water partition coefficient (Wildman–Crippen LogP) is 3.52. The Morgan fingerprint density at radius 2 is 1.68 bits per heavy atom. The number of hydrogen-bond acceptors (Lipinski definition) is 2. The Balaban J connectivity index is 2.29. The minimum Gasteiger partial charge on any atom is -0.481 e. The van der Waals surface area contributed by atoms with E-state index in [1.807, 2.05) is 36.4 Å². The number of carboxylic acids is 1. The van der Waals surface area contributed by atoms with E-state index in [4.69, 9.17) is 5.11 Å². The van der Waals surface area contributed by atoms with E-state index in [1.165, 1.54) is 0 Å². The molecule has 0 aliphatic heterocycles. The fourth-order valence-electron chi connectivity index (χ4n) is 1.94. The smallest absolute Gasteiger partial charge is 0.309 e. The van der Waals surface area contributed by atoms with E-state index in [1.54, 1.807) is 19.9 Å². The fourth-order valence-corrected chi connectivity index (χ4v) is 1.94. The Morgan fingerprint density at radius 1 is 1.05 bits per heavy atom. The molecule has 1 N–H and O–H groups in total. The van der Waals surface area contributed by atoms with E-state index >= 15 is 0 Å². The Labute approximate surface area is 111 Å². The molecular weight excluding hydrogens is 240 g/mol. The third kappa shape index (κ3) is 2.81. The van der Waals surface area contributed by atoms with E-state index in [2.05, 4.69) is 0 Å². The molecule has 2 aromatic rings. The van der Waals surface area contributed by atoms with E-state index in [0.717, 1.165) is 10.8 Å². The summed E-state index contributed by atoms with van der Waals surface area (Å²) in [5, 5.41) is 11.1. The van der Waals surface area contributed by atoms with Crippen LogP contribution in [0.5, 0.6) is 0 Å². The number of benzene rings is 2. The minimum atomic E-state index is -1.04. The van der Waals surface area contributed by atoms with Crippen molar-refractivity contribution in [1.82, 2.24) is 0 Å². The van der Waals surface area contributed by atoms with Crippen molar-refractivity contribution in [3.05, 3.63) is 48.0 Å². The summed E-state index contributed by atoms with van der Waals surface area (Å²) >= 11 is 0. The molecule has 3 nitrogen and oxygen atoms in total. The first-order chi connectivity index (χ1) is 8.90. The maximum Gasteiger partial charge on any atom is 0.309 e. The van der Waals surface area contributed by atoms with Crippen molar-refractivity contribution in [2.75, 3.05) is 0 Å². The summed E-state index contributed by atoms with van der Waals surface area (Å²) in [6.07, 6.45) is 0.000668. The molecule has 0 saturated carbocycles. The average molecular weight is 256 g/mol. The third-order valence-electron chi connectivity index (χ3n) is 3.25. The first-order valence-electron chi connectivity index (χ1n) is 6.15. The van der Waals surface area contributed by atoms with Gasteiger partial charge in [-0.3, -0.25) is 9.59 Å². The zero-order valence-electron chi connectivity index (χ0n) is 11.0. The molecule has 0 bridgehead atoms. The highest BCUT2D eigenvalue weighted by molar-refractivity contribution is 6.01. The number of aliphatic carboxylic acids is 1. The van der Waals surface area contributed by atoms with Crippen LogP contribution in [0.15, 0.2) is 42.5 Å². The van der Waals surface area contributed by atoms with Crippen molar-refractivity contribution >= 4 is 22.5 Å². The summed E-state index contributed by atoms with van der Waals surface area (Å²) in [5.41, 5.74) is -0.476. The lowest BCUT2D eigenvalue weighted by atomic mass is 9.85. The van der Waals surface area contributed by atoms with Crippen LogP contribution in [0, 0.1) is 5.41 Å². The quantitative estimate of drug-likeness (QED) is 0.851. The number of rotatable bonds is 4. The van der Waals surface area contributed by atoms with E-state index < -0.39 is 11.4 Å². The van der Waals surface area contributed by atoms with Crippen LogP contribution < -0.4 is 0 Å². The highest BCUT2D eigenvalue weighted by atomic mass is 16.4. The molecule has 0 unspecified atom stereocenters. The lowest BCUT2D eigenvalue weighted by molar-refractivity contribution is -0.146. The second kappa shape index (κ2) is 4.84. The molecule has 0 radical (unpaired) electrons. The highest BCUT2D eigenvalue weighted by Crippen LogP contribution is 2.24. The lowest BCUT2D eigenvalue weighted by Crippen LogP contribution is -2.26. The SMILES string of the molecule is CC(C)(CC(=O)c1ccc2ccccc2c1)C(=O)O. The number of fused-ring (bicyclic) bond motifs is 1. The molecule has 0 saturated heterocycles. The van der Waals surface area contributed by atoms with E-state index in [9.17, 15) is 9.59 Å². The van der Waals surface area contributed by atoms with Gasteiger partial charge in [-0.2, -0.15) is 0 Å². The molecule has 0 heterocycles. The van der Waals surface area contributed by atoms with Crippen LogP contribution in [0.2, 0.25) is 0 Å². The highest BCUT2D eigenvalue weighted by Gasteiger charge is 2.30. The summed E-state index contributed by atoms with van der Waals surface area (Å²) in [4.78, 5) is 23.2. The van der Waals surface area contributed by atoms with Crippen molar-refractivity contribution in [3.63, 3.8) is 0 Å². The Bertz CT molecular complexity index is 641. The van der Waals surface area contributed by atoms with Gasteiger partial charge in [0.2, 0.25) is 0 Å². The standard InChI is InChI=1S/C16H16O3/c1-16(2,15(18)19)10-14(17)13-8-7-11-5-3-4-6-12(11)9-13/h3-9H,10H2,1-2H3,(H,18,19). The van der Waals surface area contributed by atoms with Gasteiger partial charge in [-0.05, 0) is 30.7 Å². The second-order valence-corrected chi connectivity index (χ2v) is 5.35. The number of carbonyl (C=O) groups excluding carboxylic acids is 1. The number of Topliss-reactive ketones (excluding diaryl/α,β-unsaturated/α-hetero) is 1. The summed E-state index contributed by atoms with van der Waals surface area (Å²) < 4.78 is 0. The van der Waals surface area contributed by atoms with Gasteiger partial charge >= 0.3 is 5.97 Å². The molecule has 98 valence electrons. The second-order valence-electron chi connectivity index (χ2n) is 5.35. The van der Waals surface area contributed by atoms with Gasteiger partial charge in [-0.25, -0.2) is 0 Å². The van der Waals surface area contributed by atoms with Crippen LogP contribution in [0.25, 0.3) is 10.8 Å². The summed E-state index contributed by atoms with van der Waals surface area (Å²) in [6.45, 7) is 3.13. The minimum absolute atomic E-state index is 0.000668. The maximum atomic E-state index is 12.1. The molecule has 19 heavy (non-hydrogen) atoms. The molecule has 2 rings (SSSR count). The van der Waals surface area contributed by atoms with Crippen LogP contribution in [0.3, 0.4) is 0 Å². The average Bonchev–Trinajstić information content (AvgIpc) is 2.37. The summed E-state index contributed by atoms with van der Waals surface area (Å²) in [5.74, 6) is -1.10. The Kier molecular flexibility index (Phi) is 3.38. The molecule has 0 atom stereocenters. The molecule has 0 fully saturated rings. The van der Waals surface area contributed by atoms with Crippen molar-refractivity contribution in [2.45, 2.75) is 20.3 Å². The first-order valence-corrected chi connectivity index (χ1v) is 6.15. The Morgan fingerprint density at radius 3 is 2.32 bits per heavy atom. The van der Waals surface area contributed by atoms with Crippen LogP contribution in [0.1, 0.15) is 30.6 Å². The Hall–Kier alpha value is -2.16. The van der Waals surface area contributed by atoms with Crippen molar-refractivity contribution in [3.8, 4) is 0 Å². The fraction of sp³-hybridized carbons (Fsp3) is 0.250. The van der Waals surface area contributed by atoms with Gasteiger partial charge in [0, 0.05) is 12.0 Å².